The van der Waals surface area contributed by atoms with Crippen molar-refractivity contribution >= 4 is 11.6 Å². The summed E-state index contributed by atoms with van der Waals surface area (Å²) in [6, 6.07) is 7.77. The van der Waals surface area contributed by atoms with Gasteiger partial charge in [-0.05, 0) is 24.3 Å². The maximum Gasteiger partial charge on any atom is 0.418 e. The van der Waals surface area contributed by atoms with Gasteiger partial charge in [0.2, 0.25) is 5.88 Å². The zero-order valence-corrected chi connectivity index (χ0v) is 13.3. The van der Waals surface area contributed by atoms with Gasteiger partial charge in [0, 0.05) is 13.3 Å². The molecule has 0 aliphatic rings. The predicted octanol–water partition coefficient (Wildman–Crippen LogP) is 2.88. The molecule has 6 nitrogen and oxygen atoms in total. The summed E-state index contributed by atoms with van der Waals surface area (Å²) in [6.45, 7) is 0.479. The second-order valence-electron chi connectivity index (χ2n) is 4.82. The molecule has 2 rings (SSSR count). The number of halogens is 3. The molecule has 0 saturated heterocycles. The van der Waals surface area contributed by atoms with Gasteiger partial charge in [-0.15, -0.1) is 0 Å². The number of hydrogen-bond acceptors (Lipinski definition) is 5. The Hall–Kier alpha value is -2.81. The topological polar surface area (TPSA) is 72.5 Å². The number of methoxy groups -OCH3 is 1. The molecule has 2 aromatic rings. The molecule has 1 amide bonds. The van der Waals surface area contributed by atoms with Crippen LogP contribution < -0.4 is 15.6 Å². The molecule has 1 heterocycles. The van der Waals surface area contributed by atoms with Crippen LogP contribution in [0.25, 0.3) is 0 Å². The molecule has 9 heteroatoms. The lowest BCUT2D eigenvalue weighted by molar-refractivity contribution is -0.137. The molecule has 1 aromatic carbocycles. The molecule has 2 N–H and O–H groups in total. The highest BCUT2D eigenvalue weighted by Crippen LogP contribution is 2.34. The van der Waals surface area contributed by atoms with Gasteiger partial charge in [0.25, 0.3) is 5.91 Å². The first-order valence-corrected chi connectivity index (χ1v) is 7.23. The molecule has 134 valence electrons. The lowest BCUT2D eigenvalue weighted by Crippen LogP contribution is -2.31. The third-order valence-corrected chi connectivity index (χ3v) is 3.09. The SMILES string of the molecule is COCCOc1ncccc1C(=O)NNc1ccccc1C(F)(F)F. The van der Waals surface area contributed by atoms with E-state index in [0.717, 1.165) is 6.07 Å². The quantitative estimate of drug-likeness (QED) is 0.590. The monoisotopic (exact) mass is 355 g/mol. The van der Waals surface area contributed by atoms with E-state index in [1.807, 2.05) is 0 Å². The van der Waals surface area contributed by atoms with Gasteiger partial charge in [0.1, 0.15) is 12.2 Å². The van der Waals surface area contributed by atoms with E-state index in [0.29, 0.717) is 6.61 Å². The maximum absolute atomic E-state index is 12.9. The largest absolute Gasteiger partial charge is 0.475 e. The number of hydrogen-bond donors (Lipinski definition) is 2. The highest BCUT2D eigenvalue weighted by Gasteiger charge is 2.33. The first-order chi connectivity index (χ1) is 11.9. The van der Waals surface area contributed by atoms with Crippen LogP contribution in [-0.2, 0) is 10.9 Å². The van der Waals surface area contributed by atoms with Crippen LogP contribution in [0.15, 0.2) is 42.6 Å². The number of alkyl halides is 3. The molecule has 0 fully saturated rings. The molecule has 0 bridgehead atoms. The van der Waals surface area contributed by atoms with E-state index in [-0.39, 0.29) is 23.7 Å². The molecule has 25 heavy (non-hydrogen) atoms. The smallest absolute Gasteiger partial charge is 0.418 e. The Kier molecular flexibility index (Phi) is 6.18. The summed E-state index contributed by atoms with van der Waals surface area (Å²) >= 11 is 0. The van der Waals surface area contributed by atoms with Crippen LogP contribution >= 0.6 is 0 Å². The Morgan fingerprint density at radius 1 is 1.16 bits per heavy atom. The number of hydrazine groups is 1. The number of anilines is 1. The minimum Gasteiger partial charge on any atom is -0.475 e. The van der Waals surface area contributed by atoms with E-state index in [1.54, 1.807) is 0 Å². The van der Waals surface area contributed by atoms with E-state index < -0.39 is 17.6 Å². The van der Waals surface area contributed by atoms with Gasteiger partial charge in [0.05, 0.1) is 17.9 Å². The van der Waals surface area contributed by atoms with Crippen molar-refractivity contribution < 1.29 is 27.4 Å². The van der Waals surface area contributed by atoms with E-state index in [1.165, 1.54) is 43.6 Å². The van der Waals surface area contributed by atoms with Gasteiger partial charge in [-0.3, -0.25) is 15.6 Å². The van der Waals surface area contributed by atoms with E-state index in [2.05, 4.69) is 15.8 Å². The maximum atomic E-state index is 12.9. The van der Waals surface area contributed by atoms with Crippen molar-refractivity contribution in [1.29, 1.82) is 0 Å². The molecule has 0 radical (unpaired) electrons. The van der Waals surface area contributed by atoms with Crippen LogP contribution in [0.1, 0.15) is 15.9 Å². The van der Waals surface area contributed by atoms with Gasteiger partial charge in [-0.1, -0.05) is 12.1 Å². The number of para-hydroxylation sites is 1. The Morgan fingerprint density at radius 2 is 1.92 bits per heavy atom. The number of amides is 1. The van der Waals surface area contributed by atoms with Gasteiger partial charge in [-0.2, -0.15) is 13.2 Å². The Labute approximate surface area is 141 Å². The minimum atomic E-state index is -4.54. The molecule has 0 saturated carbocycles. The summed E-state index contributed by atoms with van der Waals surface area (Å²) in [5.41, 5.74) is 3.42. The number of rotatable bonds is 7. The predicted molar refractivity (Wildman–Crippen MR) is 84.1 cm³/mol. The van der Waals surface area contributed by atoms with Crippen molar-refractivity contribution in [2.45, 2.75) is 6.18 Å². The van der Waals surface area contributed by atoms with Gasteiger partial charge >= 0.3 is 6.18 Å². The number of carbonyl (C=O) groups excluding carboxylic acids is 1. The molecule has 1 aromatic heterocycles. The van der Waals surface area contributed by atoms with Crippen LogP contribution in [0.3, 0.4) is 0 Å². The van der Waals surface area contributed by atoms with Crippen LogP contribution in [0, 0.1) is 0 Å². The summed E-state index contributed by atoms with van der Waals surface area (Å²) in [4.78, 5) is 16.2. The second kappa shape index (κ2) is 8.34. The molecule has 0 aliphatic carbocycles. The second-order valence-corrected chi connectivity index (χ2v) is 4.82. The van der Waals surface area contributed by atoms with Crippen molar-refractivity contribution in [1.82, 2.24) is 10.4 Å². The number of pyridine rings is 1. The third kappa shape index (κ3) is 5.08. The zero-order chi connectivity index (χ0) is 18.3. The highest BCUT2D eigenvalue weighted by molar-refractivity contribution is 5.97. The van der Waals surface area contributed by atoms with E-state index in [9.17, 15) is 18.0 Å². The van der Waals surface area contributed by atoms with Crippen molar-refractivity contribution in [3.8, 4) is 5.88 Å². The van der Waals surface area contributed by atoms with Crippen molar-refractivity contribution in [2.75, 3.05) is 25.7 Å². The molecule has 0 aliphatic heterocycles. The highest BCUT2D eigenvalue weighted by atomic mass is 19.4. The summed E-state index contributed by atoms with van der Waals surface area (Å²) in [6.07, 6.45) is -3.11. The van der Waals surface area contributed by atoms with Crippen molar-refractivity contribution in [3.63, 3.8) is 0 Å². The average molecular weight is 355 g/mol. The molecule has 0 atom stereocenters. The zero-order valence-electron chi connectivity index (χ0n) is 13.3. The standard InChI is InChI=1S/C16H16F3N3O3/c1-24-9-10-25-15-11(5-4-8-20-15)14(23)22-21-13-7-3-2-6-12(13)16(17,18)19/h2-8,21H,9-10H2,1H3,(H,22,23). The van der Waals surface area contributed by atoms with Crippen LogP contribution in [0.5, 0.6) is 5.88 Å². The fraction of sp³-hybridized carbons (Fsp3) is 0.250. The minimum absolute atomic E-state index is 0.0583. The number of nitrogens with one attached hydrogen (secondary N) is 2. The number of aromatic nitrogens is 1. The van der Waals surface area contributed by atoms with Crippen molar-refractivity contribution in [3.05, 3.63) is 53.7 Å². The summed E-state index contributed by atoms with van der Waals surface area (Å²) in [7, 11) is 1.50. The Morgan fingerprint density at radius 3 is 2.64 bits per heavy atom. The van der Waals surface area contributed by atoms with Crippen LogP contribution in [0.2, 0.25) is 0 Å². The summed E-state index contributed by atoms with van der Waals surface area (Å²) in [5, 5.41) is 0. The molecular weight excluding hydrogens is 339 g/mol. The molecule has 0 unspecified atom stereocenters. The van der Waals surface area contributed by atoms with Gasteiger partial charge in [0.15, 0.2) is 0 Å². The number of benzene rings is 1. The van der Waals surface area contributed by atoms with Crippen LogP contribution in [0.4, 0.5) is 18.9 Å². The number of carbonyl (C=O) groups is 1. The molecule has 0 spiro atoms. The first-order valence-electron chi connectivity index (χ1n) is 7.23. The normalized spacial score (nSPS) is 11.0. The summed E-state index contributed by atoms with van der Waals surface area (Å²) in [5.74, 6) is -0.625. The van der Waals surface area contributed by atoms with E-state index >= 15 is 0 Å². The first kappa shape index (κ1) is 18.5. The number of ether oxygens (including phenoxy) is 2. The Bertz CT molecular complexity index is 723. The lowest BCUT2D eigenvalue weighted by atomic mass is 10.2. The number of nitrogens with zero attached hydrogens (tertiary/aromatic N) is 1. The van der Waals surface area contributed by atoms with Crippen LogP contribution in [-0.4, -0.2) is 31.2 Å². The lowest BCUT2D eigenvalue weighted by Gasteiger charge is -2.15. The van der Waals surface area contributed by atoms with E-state index in [4.69, 9.17) is 9.47 Å². The third-order valence-electron chi connectivity index (χ3n) is 3.09. The fourth-order valence-electron chi connectivity index (χ4n) is 1.93. The summed E-state index contributed by atoms with van der Waals surface area (Å²) < 4.78 is 49.0. The van der Waals surface area contributed by atoms with Gasteiger partial charge in [-0.25, -0.2) is 4.98 Å². The van der Waals surface area contributed by atoms with Gasteiger partial charge < -0.3 is 9.47 Å². The van der Waals surface area contributed by atoms with Crippen molar-refractivity contribution in [2.24, 2.45) is 0 Å². The average Bonchev–Trinajstić information content (AvgIpc) is 2.60. The molecular formula is C16H16F3N3O3. The fourth-order valence-corrected chi connectivity index (χ4v) is 1.93. The Balaban J connectivity index is 2.09.